The summed E-state index contributed by atoms with van der Waals surface area (Å²) in [6.07, 6.45) is 0. The normalized spacial score (nSPS) is 10.9. The quantitative estimate of drug-likeness (QED) is 0.846. The molecule has 0 radical (unpaired) electrons. The van der Waals surface area contributed by atoms with E-state index in [9.17, 15) is 8.78 Å². The first-order valence-corrected chi connectivity index (χ1v) is 6.98. The minimum absolute atomic E-state index is 0.105. The van der Waals surface area contributed by atoms with Crippen LogP contribution in [-0.2, 0) is 6.54 Å². The Morgan fingerprint density at radius 1 is 1.00 bits per heavy atom. The maximum atomic E-state index is 13.7. The maximum absolute atomic E-state index is 13.7. The molecule has 2 aromatic carbocycles. The van der Waals surface area contributed by atoms with Crippen LogP contribution in [0.4, 0.5) is 8.78 Å². The highest BCUT2D eigenvalue weighted by atomic mass is 19.2. The average Bonchev–Trinajstić information content (AvgIpc) is 2.45. The summed E-state index contributed by atoms with van der Waals surface area (Å²) in [7, 11) is 0. The zero-order chi connectivity index (χ0) is 15.2. The average molecular weight is 291 g/mol. The Balaban J connectivity index is 2.14. The van der Waals surface area contributed by atoms with E-state index < -0.39 is 11.6 Å². The summed E-state index contributed by atoms with van der Waals surface area (Å²) in [4.78, 5) is 0. The van der Waals surface area contributed by atoms with Crippen molar-refractivity contribution in [3.63, 3.8) is 0 Å². The molecule has 0 aromatic heterocycles. The fraction of sp³-hybridized carbons (Fsp3) is 0.294. The number of hydrogen-bond acceptors (Lipinski definition) is 2. The van der Waals surface area contributed by atoms with Crippen molar-refractivity contribution in [2.24, 2.45) is 5.92 Å². The standard InChI is InChI=1S/C17H19F2NO/c1-12(2)10-20-11-13-6-3-4-8-15(13)21-16-9-5-7-14(18)17(16)19/h3-9,12,20H,10-11H2,1-2H3. The molecule has 4 heteroatoms. The van der Waals surface area contributed by atoms with Crippen molar-refractivity contribution >= 4 is 0 Å². The van der Waals surface area contributed by atoms with Gasteiger partial charge in [-0.1, -0.05) is 38.1 Å². The second-order valence-corrected chi connectivity index (χ2v) is 5.29. The first-order chi connectivity index (χ1) is 10.1. The molecule has 0 fully saturated rings. The van der Waals surface area contributed by atoms with E-state index in [2.05, 4.69) is 19.2 Å². The predicted molar refractivity (Wildman–Crippen MR) is 79.4 cm³/mol. The van der Waals surface area contributed by atoms with Crippen molar-refractivity contribution in [2.45, 2.75) is 20.4 Å². The van der Waals surface area contributed by atoms with Gasteiger partial charge >= 0.3 is 0 Å². The van der Waals surface area contributed by atoms with E-state index in [1.165, 1.54) is 12.1 Å². The topological polar surface area (TPSA) is 21.3 Å². The predicted octanol–water partition coefficient (Wildman–Crippen LogP) is 4.50. The van der Waals surface area contributed by atoms with Crippen molar-refractivity contribution in [2.75, 3.05) is 6.54 Å². The molecule has 0 unspecified atom stereocenters. The van der Waals surface area contributed by atoms with Gasteiger partial charge in [0.25, 0.3) is 0 Å². The molecule has 1 N–H and O–H groups in total. The van der Waals surface area contributed by atoms with Gasteiger partial charge in [-0.2, -0.15) is 4.39 Å². The van der Waals surface area contributed by atoms with Crippen LogP contribution in [0, 0.1) is 17.6 Å². The second-order valence-electron chi connectivity index (χ2n) is 5.29. The SMILES string of the molecule is CC(C)CNCc1ccccc1Oc1cccc(F)c1F. The number of rotatable bonds is 6. The molecule has 0 aliphatic carbocycles. The van der Waals surface area contributed by atoms with E-state index in [4.69, 9.17) is 4.74 Å². The third-order valence-corrected chi connectivity index (χ3v) is 2.98. The van der Waals surface area contributed by atoms with Crippen LogP contribution >= 0.6 is 0 Å². The molecule has 0 aliphatic heterocycles. The fourth-order valence-corrected chi connectivity index (χ4v) is 1.93. The van der Waals surface area contributed by atoms with E-state index >= 15 is 0 Å². The molecule has 0 bridgehead atoms. The Labute approximate surface area is 123 Å². The van der Waals surface area contributed by atoms with E-state index in [0.29, 0.717) is 18.2 Å². The smallest absolute Gasteiger partial charge is 0.201 e. The van der Waals surface area contributed by atoms with Gasteiger partial charge in [-0.25, -0.2) is 4.39 Å². The molecule has 2 nitrogen and oxygen atoms in total. The van der Waals surface area contributed by atoms with Gasteiger partial charge in [-0.05, 0) is 30.7 Å². The summed E-state index contributed by atoms with van der Waals surface area (Å²) >= 11 is 0. The Kier molecular flexibility index (Phi) is 5.28. The van der Waals surface area contributed by atoms with Crippen LogP contribution < -0.4 is 10.1 Å². The highest BCUT2D eigenvalue weighted by Gasteiger charge is 2.11. The summed E-state index contributed by atoms with van der Waals surface area (Å²) in [6.45, 7) is 5.74. The van der Waals surface area contributed by atoms with Crippen molar-refractivity contribution in [1.29, 1.82) is 0 Å². The molecule has 0 aliphatic rings. The second kappa shape index (κ2) is 7.18. The Morgan fingerprint density at radius 3 is 2.48 bits per heavy atom. The van der Waals surface area contributed by atoms with Gasteiger partial charge in [-0.3, -0.25) is 0 Å². The van der Waals surface area contributed by atoms with Crippen molar-refractivity contribution in [3.05, 3.63) is 59.7 Å². The van der Waals surface area contributed by atoms with Gasteiger partial charge in [0, 0.05) is 12.1 Å². The van der Waals surface area contributed by atoms with Crippen molar-refractivity contribution in [1.82, 2.24) is 5.32 Å². The number of nitrogens with one attached hydrogen (secondary N) is 1. The monoisotopic (exact) mass is 291 g/mol. The molecular formula is C17H19F2NO. The molecule has 0 heterocycles. The lowest BCUT2D eigenvalue weighted by molar-refractivity contribution is 0.411. The third-order valence-electron chi connectivity index (χ3n) is 2.98. The summed E-state index contributed by atoms with van der Waals surface area (Å²) < 4.78 is 32.4. The molecule has 0 saturated heterocycles. The molecule has 2 aromatic rings. The molecule has 0 spiro atoms. The largest absolute Gasteiger partial charge is 0.454 e. The van der Waals surface area contributed by atoms with Gasteiger partial charge < -0.3 is 10.1 Å². The van der Waals surface area contributed by atoms with Gasteiger partial charge in [0.15, 0.2) is 11.6 Å². The minimum atomic E-state index is -0.970. The fourth-order valence-electron chi connectivity index (χ4n) is 1.93. The molecule has 0 atom stereocenters. The first kappa shape index (κ1) is 15.4. The Morgan fingerprint density at radius 2 is 1.71 bits per heavy atom. The van der Waals surface area contributed by atoms with Crippen molar-refractivity contribution in [3.8, 4) is 11.5 Å². The van der Waals surface area contributed by atoms with Crippen LogP contribution in [0.1, 0.15) is 19.4 Å². The van der Waals surface area contributed by atoms with Crippen LogP contribution in [0.25, 0.3) is 0 Å². The number of halogens is 2. The molecule has 21 heavy (non-hydrogen) atoms. The molecule has 0 saturated carbocycles. The number of para-hydroxylation sites is 1. The third kappa shape index (κ3) is 4.26. The Bertz CT molecular complexity index is 599. The van der Waals surface area contributed by atoms with Gasteiger partial charge in [0.2, 0.25) is 5.82 Å². The minimum Gasteiger partial charge on any atom is -0.454 e. The van der Waals surface area contributed by atoms with E-state index in [0.717, 1.165) is 18.2 Å². The summed E-state index contributed by atoms with van der Waals surface area (Å²) in [5.74, 6) is -0.923. The number of ether oxygens (including phenoxy) is 1. The highest BCUT2D eigenvalue weighted by Crippen LogP contribution is 2.28. The van der Waals surface area contributed by atoms with E-state index in [1.807, 2.05) is 12.1 Å². The van der Waals surface area contributed by atoms with Crippen LogP contribution in [0.2, 0.25) is 0 Å². The summed E-state index contributed by atoms with van der Waals surface area (Å²) in [5, 5.41) is 3.31. The van der Waals surface area contributed by atoms with Crippen LogP contribution in [0.5, 0.6) is 11.5 Å². The highest BCUT2D eigenvalue weighted by molar-refractivity contribution is 5.38. The van der Waals surface area contributed by atoms with Gasteiger partial charge in [0.1, 0.15) is 5.75 Å². The van der Waals surface area contributed by atoms with Crippen LogP contribution in [-0.4, -0.2) is 6.54 Å². The zero-order valence-electron chi connectivity index (χ0n) is 12.2. The number of benzene rings is 2. The van der Waals surface area contributed by atoms with E-state index in [-0.39, 0.29) is 5.75 Å². The lowest BCUT2D eigenvalue weighted by Crippen LogP contribution is -2.19. The molecule has 0 amide bonds. The van der Waals surface area contributed by atoms with Crippen molar-refractivity contribution < 1.29 is 13.5 Å². The Hall–Kier alpha value is -1.94. The van der Waals surface area contributed by atoms with Gasteiger partial charge in [-0.15, -0.1) is 0 Å². The number of hydrogen-bond donors (Lipinski definition) is 1. The summed E-state index contributed by atoms with van der Waals surface area (Å²) in [5.41, 5.74) is 0.904. The molecular weight excluding hydrogens is 272 g/mol. The molecule has 112 valence electrons. The lowest BCUT2D eigenvalue weighted by atomic mass is 10.2. The molecule has 2 rings (SSSR count). The zero-order valence-corrected chi connectivity index (χ0v) is 12.2. The lowest BCUT2D eigenvalue weighted by Gasteiger charge is -2.13. The van der Waals surface area contributed by atoms with Crippen LogP contribution in [0.3, 0.4) is 0 Å². The first-order valence-electron chi connectivity index (χ1n) is 6.98. The summed E-state index contributed by atoms with van der Waals surface area (Å²) in [6, 6.07) is 11.2. The van der Waals surface area contributed by atoms with Gasteiger partial charge in [0.05, 0.1) is 0 Å². The maximum Gasteiger partial charge on any atom is 0.201 e. The van der Waals surface area contributed by atoms with Crippen LogP contribution in [0.15, 0.2) is 42.5 Å². The van der Waals surface area contributed by atoms with E-state index in [1.54, 1.807) is 12.1 Å².